The molecule has 0 saturated heterocycles. The van der Waals surface area contributed by atoms with E-state index in [1.807, 2.05) is 13.8 Å². The van der Waals surface area contributed by atoms with Crippen molar-refractivity contribution in [3.63, 3.8) is 0 Å². The lowest BCUT2D eigenvalue weighted by Crippen LogP contribution is -2.28. The SMILES string of the molecule is COC(=O)c1ccc(S(=O)(=O)NCC(C)C)c(N)c1. The molecule has 0 amide bonds. The van der Waals surface area contributed by atoms with Crippen LogP contribution in [0.4, 0.5) is 5.69 Å². The summed E-state index contributed by atoms with van der Waals surface area (Å²) in [6, 6.07) is 3.95. The molecular formula is C12H18N2O4S. The van der Waals surface area contributed by atoms with E-state index in [0.717, 1.165) is 0 Å². The number of methoxy groups -OCH3 is 1. The van der Waals surface area contributed by atoms with Gasteiger partial charge in [-0.25, -0.2) is 17.9 Å². The minimum atomic E-state index is -3.66. The van der Waals surface area contributed by atoms with Gasteiger partial charge in [0.2, 0.25) is 10.0 Å². The Labute approximate surface area is 113 Å². The van der Waals surface area contributed by atoms with Crippen LogP contribution in [0, 0.1) is 5.92 Å². The topological polar surface area (TPSA) is 98.5 Å². The van der Waals surface area contributed by atoms with Crippen LogP contribution in [0.15, 0.2) is 23.1 Å². The lowest BCUT2D eigenvalue weighted by Gasteiger charge is -2.11. The number of anilines is 1. The first-order chi connectivity index (χ1) is 8.77. The Morgan fingerprint density at radius 3 is 2.53 bits per heavy atom. The van der Waals surface area contributed by atoms with Gasteiger partial charge in [-0.05, 0) is 24.1 Å². The molecule has 106 valence electrons. The van der Waals surface area contributed by atoms with E-state index in [-0.39, 0.29) is 22.1 Å². The van der Waals surface area contributed by atoms with Gasteiger partial charge >= 0.3 is 5.97 Å². The summed E-state index contributed by atoms with van der Waals surface area (Å²) >= 11 is 0. The van der Waals surface area contributed by atoms with Gasteiger partial charge in [-0.3, -0.25) is 0 Å². The van der Waals surface area contributed by atoms with Crippen LogP contribution >= 0.6 is 0 Å². The quantitative estimate of drug-likeness (QED) is 0.621. The van der Waals surface area contributed by atoms with Crippen LogP contribution in [0.25, 0.3) is 0 Å². The molecule has 7 heteroatoms. The van der Waals surface area contributed by atoms with Crippen molar-refractivity contribution in [2.45, 2.75) is 18.7 Å². The Balaban J connectivity index is 3.05. The Bertz CT molecular complexity index is 567. The molecule has 0 radical (unpaired) electrons. The highest BCUT2D eigenvalue weighted by molar-refractivity contribution is 7.89. The molecule has 1 aromatic carbocycles. The predicted molar refractivity (Wildman–Crippen MR) is 72.2 cm³/mol. The number of ether oxygens (including phenoxy) is 1. The summed E-state index contributed by atoms with van der Waals surface area (Å²) in [4.78, 5) is 11.3. The van der Waals surface area contributed by atoms with Crippen LogP contribution in [-0.4, -0.2) is 28.0 Å². The zero-order valence-electron chi connectivity index (χ0n) is 11.1. The third-order valence-corrected chi connectivity index (χ3v) is 3.90. The van der Waals surface area contributed by atoms with Gasteiger partial charge in [-0.15, -0.1) is 0 Å². The Hall–Kier alpha value is -1.60. The molecule has 1 rings (SSSR count). The number of nitrogens with two attached hydrogens (primary N) is 1. The summed E-state index contributed by atoms with van der Waals surface area (Å²) < 4.78 is 31.0. The fourth-order valence-electron chi connectivity index (χ4n) is 1.39. The molecule has 0 saturated carbocycles. The van der Waals surface area contributed by atoms with Crippen molar-refractivity contribution in [3.05, 3.63) is 23.8 Å². The van der Waals surface area contributed by atoms with Crippen molar-refractivity contribution >= 4 is 21.7 Å². The van der Waals surface area contributed by atoms with Crippen LogP contribution in [0.2, 0.25) is 0 Å². The number of nitrogens with one attached hydrogen (secondary N) is 1. The summed E-state index contributed by atoms with van der Waals surface area (Å²) in [7, 11) is -2.42. The fraction of sp³-hybridized carbons (Fsp3) is 0.417. The number of rotatable bonds is 5. The van der Waals surface area contributed by atoms with E-state index in [1.165, 1.54) is 25.3 Å². The largest absolute Gasteiger partial charge is 0.465 e. The molecule has 0 atom stereocenters. The molecule has 0 spiro atoms. The number of carbonyl (C=O) groups excluding carboxylic acids is 1. The molecule has 3 N–H and O–H groups in total. The van der Waals surface area contributed by atoms with Crippen molar-refractivity contribution in [1.82, 2.24) is 4.72 Å². The van der Waals surface area contributed by atoms with Crippen molar-refractivity contribution in [1.29, 1.82) is 0 Å². The summed E-state index contributed by atoms with van der Waals surface area (Å²) in [5.41, 5.74) is 5.90. The summed E-state index contributed by atoms with van der Waals surface area (Å²) in [5, 5.41) is 0. The summed E-state index contributed by atoms with van der Waals surface area (Å²) in [5.74, 6) is -0.379. The standard InChI is InChI=1S/C12H18N2O4S/c1-8(2)7-14-19(16,17)11-5-4-9(6-10(11)13)12(15)18-3/h4-6,8,14H,7,13H2,1-3H3. The second-order valence-electron chi connectivity index (χ2n) is 4.49. The maximum atomic E-state index is 12.0. The monoisotopic (exact) mass is 286 g/mol. The normalized spacial score (nSPS) is 11.6. The van der Waals surface area contributed by atoms with Crippen LogP contribution in [0.1, 0.15) is 24.2 Å². The van der Waals surface area contributed by atoms with Gasteiger partial charge in [0.1, 0.15) is 4.90 Å². The van der Waals surface area contributed by atoms with Crippen molar-refractivity contribution in [3.8, 4) is 0 Å². The molecule has 1 aromatic rings. The number of esters is 1. The molecule has 0 heterocycles. The molecule has 0 bridgehead atoms. The number of carbonyl (C=O) groups is 1. The Kier molecular flexibility index (Phi) is 4.90. The highest BCUT2D eigenvalue weighted by Crippen LogP contribution is 2.20. The van der Waals surface area contributed by atoms with E-state index < -0.39 is 16.0 Å². The third-order valence-electron chi connectivity index (χ3n) is 2.40. The summed E-state index contributed by atoms with van der Waals surface area (Å²) in [6.45, 7) is 4.11. The molecule has 0 aliphatic rings. The smallest absolute Gasteiger partial charge is 0.337 e. The highest BCUT2D eigenvalue weighted by atomic mass is 32.2. The van der Waals surface area contributed by atoms with E-state index in [4.69, 9.17) is 5.73 Å². The molecule has 0 aliphatic heterocycles. The van der Waals surface area contributed by atoms with E-state index in [2.05, 4.69) is 9.46 Å². The first kappa shape index (κ1) is 15.5. The Morgan fingerprint density at radius 2 is 2.05 bits per heavy atom. The number of benzene rings is 1. The fourth-order valence-corrected chi connectivity index (χ4v) is 2.72. The predicted octanol–water partition coefficient (Wildman–Crippen LogP) is 0.990. The average Bonchev–Trinajstić information content (AvgIpc) is 2.35. The molecule has 0 unspecified atom stereocenters. The van der Waals surface area contributed by atoms with Crippen molar-refractivity contribution in [2.24, 2.45) is 5.92 Å². The molecular weight excluding hydrogens is 268 g/mol. The minimum absolute atomic E-state index is 0.0131. The third kappa shape index (κ3) is 3.93. The van der Waals surface area contributed by atoms with E-state index in [0.29, 0.717) is 6.54 Å². The van der Waals surface area contributed by atoms with Gasteiger partial charge in [0.15, 0.2) is 0 Å². The van der Waals surface area contributed by atoms with Crippen molar-refractivity contribution in [2.75, 3.05) is 19.4 Å². The molecule has 6 nitrogen and oxygen atoms in total. The first-order valence-electron chi connectivity index (χ1n) is 5.75. The highest BCUT2D eigenvalue weighted by Gasteiger charge is 2.19. The molecule has 19 heavy (non-hydrogen) atoms. The van der Waals surface area contributed by atoms with Crippen LogP contribution < -0.4 is 10.5 Å². The summed E-state index contributed by atoms with van der Waals surface area (Å²) in [6.07, 6.45) is 0. The van der Waals surface area contributed by atoms with E-state index in [1.54, 1.807) is 0 Å². The van der Waals surface area contributed by atoms with Gasteiger partial charge in [-0.1, -0.05) is 13.8 Å². The zero-order valence-corrected chi connectivity index (χ0v) is 12.0. The van der Waals surface area contributed by atoms with E-state index >= 15 is 0 Å². The molecule has 0 aliphatic carbocycles. The zero-order chi connectivity index (χ0) is 14.6. The number of nitrogen functional groups attached to an aromatic ring is 1. The lowest BCUT2D eigenvalue weighted by atomic mass is 10.2. The van der Waals surface area contributed by atoms with Crippen LogP contribution in [-0.2, 0) is 14.8 Å². The van der Waals surface area contributed by atoms with Gasteiger partial charge in [0, 0.05) is 6.54 Å². The second-order valence-corrected chi connectivity index (χ2v) is 6.23. The molecule has 0 fully saturated rings. The van der Waals surface area contributed by atoms with Crippen molar-refractivity contribution < 1.29 is 17.9 Å². The first-order valence-corrected chi connectivity index (χ1v) is 7.23. The maximum absolute atomic E-state index is 12.0. The average molecular weight is 286 g/mol. The Morgan fingerprint density at radius 1 is 1.42 bits per heavy atom. The second kappa shape index (κ2) is 6.03. The van der Waals surface area contributed by atoms with Gasteiger partial charge in [0.25, 0.3) is 0 Å². The maximum Gasteiger partial charge on any atom is 0.337 e. The minimum Gasteiger partial charge on any atom is -0.465 e. The number of sulfonamides is 1. The molecule has 0 aromatic heterocycles. The van der Waals surface area contributed by atoms with Gasteiger partial charge < -0.3 is 10.5 Å². The van der Waals surface area contributed by atoms with Gasteiger partial charge in [0.05, 0.1) is 18.4 Å². The van der Waals surface area contributed by atoms with Gasteiger partial charge in [-0.2, -0.15) is 0 Å². The number of hydrogen-bond donors (Lipinski definition) is 2. The van der Waals surface area contributed by atoms with E-state index in [9.17, 15) is 13.2 Å². The number of hydrogen-bond acceptors (Lipinski definition) is 5. The lowest BCUT2D eigenvalue weighted by molar-refractivity contribution is 0.0600. The van der Waals surface area contributed by atoms with Crippen LogP contribution in [0.5, 0.6) is 0 Å². The van der Waals surface area contributed by atoms with Crippen LogP contribution in [0.3, 0.4) is 0 Å².